The van der Waals surface area contributed by atoms with E-state index in [2.05, 4.69) is 61.4 Å². The Morgan fingerprint density at radius 3 is 2.34 bits per heavy atom. The monoisotopic (exact) mass is 638 g/mol. The fourth-order valence-corrected chi connectivity index (χ4v) is 6.20. The van der Waals surface area contributed by atoms with E-state index in [9.17, 15) is 10.1 Å². The van der Waals surface area contributed by atoms with E-state index in [1.807, 2.05) is 26.0 Å². The highest BCUT2D eigenvalue weighted by atomic mass is 16.7. The van der Waals surface area contributed by atoms with Gasteiger partial charge in [0.05, 0.1) is 0 Å². The molecule has 0 radical (unpaired) electrons. The number of hydrogen-bond acceptors (Lipinski definition) is 5. The number of anilines is 1. The lowest BCUT2D eigenvalue weighted by molar-refractivity contribution is -0.0793. The maximum Gasteiger partial charge on any atom is 0.259 e. The number of aromatic amines is 1. The molecular weight excluding hydrogens is 584 g/mol. The number of aromatic nitrogens is 2. The maximum absolute atomic E-state index is 13.2. The molecule has 47 heavy (non-hydrogen) atoms. The summed E-state index contributed by atoms with van der Waals surface area (Å²) in [7, 11) is 0. The van der Waals surface area contributed by atoms with Gasteiger partial charge in [-0.05, 0) is 74.3 Å². The average Bonchev–Trinajstić information content (AvgIpc) is 3.43. The lowest BCUT2D eigenvalue weighted by Gasteiger charge is -2.22. The Morgan fingerprint density at radius 2 is 1.62 bits per heavy atom. The molecule has 0 amide bonds. The number of ether oxygens (including phenoxy) is 2. The molecular formula is C40H54N4O3. The van der Waals surface area contributed by atoms with Gasteiger partial charge in [-0.25, -0.2) is 0 Å². The van der Waals surface area contributed by atoms with E-state index in [4.69, 9.17) is 9.47 Å². The molecule has 0 fully saturated rings. The molecule has 0 bridgehead atoms. The van der Waals surface area contributed by atoms with Crippen molar-refractivity contribution in [1.82, 2.24) is 9.38 Å². The summed E-state index contributed by atoms with van der Waals surface area (Å²) < 4.78 is 14.4. The Labute approximate surface area is 281 Å². The van der Waals surface area contributed by atoms with Crippen LogP contribution in [0.15, 0.2) is 53.5 Å². The van der Waals surface area contributed by atoms with Gasteiger partial charge in [0.2, 0.25) is 6.29 Å². The Kier molecular flexibility index (Phi) is 14.0. The first kappa shape index (κ1) is 35.8. The first-order chi connectivity index (χ1) is 22.9. The summed E-state index contributed by atoms with van der Waals surface area (Å²) in [6.07, 6.45) is 15.9. The van der Waals surface area contributed by atoms with Gasteiger partial charge in [0.15, 0.2) is 0 Å². The predicted octanol–water partition coefficient (Wildman–Crippen LogP) is 10.0. The van der Waals surface area contributed by atoms with Gasteiger partial charge < -0.3 is 19.8 Å². The van der Waals surface area contributed by atoms with Crippen LogP contribution in [0.25, 0.3) is 16.8 Å². The normalized spacial score (nSPS) is 11.9. The van der Waals surface area contributed by atoms with Crippen molar-refractivity contribution < 1.29 is 9.47 Å². The van der Waals surface area contributed by atoms with Crippen LogP contribution in [0, 0.1) is 25.2 Å². The summed E-state index contributed by atoms with van der Waals surface area (Å²) in [4.78, 5) is 16.4. The summed E-state index contributed by atoms with van der Waals surface area (Å²) in [6.45, 7) is 10.9. The SMILES string of the molecule is CCCCCCC(OCNc1cc(=O)n2cc(-c3ccc(C)cc3C)c(C#N)c2[nH]1)Oc1ccc(CCCCC)cc1CCCCC. The Balaban J connectivity index is 1.52. The van der Waals surface area contributed by atoms with E-state index in [0.29, 0.717) is 17.0 Å². The third-order valence-electron chi connectivity index (χ3n) is 8.87. The van der Waals surface area contributed by atoms with Crippen LogP contribution in [0.2, 0.25) is 0 Å². The first-order valence-corrected chi connectivity index (χ1v) is 17.8. The smallest absolute Gasteiger partial charge is 0.259 e. The highest BCUT2D eigenvalue weighted by Crippen LogP contribution is 2.31. The molecule has 0 aliphatic heterocycles. The molecule has 4 rings (SSSR count). The zero-order chi connectivity index (χ0) is 33.6. The summed E-state index contributed by atoms with van der Waals surface area (Å²) in [5, 5.41) is 13.3. The summed E-state index contributed by atoms with van der Waals surface area (Å²) >= 11 is 0. The molecule has 7 nitrogen and oxygen atoms in total. The van der Waals surface area contributed by atoms with E-state index in [0.717, 1.165) is 66.5 Å². The van der Waals surface area contributed by atoms with Gasteiger partial charge in [0.1, 0.15) is 35.6 Å². The van der Waals surface area contributed by atoms with Crippen molar-refractivity contribution in [3.05, 3.63) is 86.8 Å². The lowest BCUT2D eigenvalue weighted by atomic mass is 9.98. The van der Waals surface area contributed by atoms with E-state index in [-0.39, 0.29) is 12.3 Å². The Morgan fingerprint density at radius 1 is 0.872 bits per heavy atom. The van der Waals surface area contributed by atoms with Crippen LogP contribution >= 0.6 is 0 Å². The molecule has 0 aliphatic carbocycles. The van der Waals surface area contributed by atoms with Crippen molar-refractivity contribution in [3.8, 4) is 22.9 Å². The molecule has 0 saturated heterocycles. The van der Waals surface area contributed by atoms with Gasteiger partial charge in [-0.2, -0.15) is 5.26 Å². The summed E-state index contributed by atoms with van der Waals surface area (Å²) in [5.74, 6) is 1.40. The molecule has 7 heteroatoms. The van der Waals surface area contributed by atoms with E-state index >= 15 is 0 Å². The van der Waals surface area contributed by atoms with Crippen molar-refractivity contribution in [2.24, 2.45) is 0 Å². The number of nitrogens with one attached hydrogen (secondary N) is 2. The highest BCUT2D eigenvalue weighted by Gasteiger charge is 2.18. The average molecular weight is 639 g/mol. The van der Waals surface area contributed by atoms with Gasteiger partial charge in [-0.1, -0.05) is 102 Å². The first-order valence-electron chi connectivity index (χ1n) is 17.8. The number of H-pyrrole nitrogens is 1. The Hall–Kier alpha value is -4.02. The van der Waals surface area contributed by atoms with E-state index in [1.54, 1.807) is 6.20 Å². The molecule has 1 unspecified atom stereocenters. The van der Waals surface area contributed by atoms with Crippen LogP contribution in [-0.2, 0) is 17.6 Å². The number of nitriles is 1. The second kappa shape index (κ2) is 18.4. The van der Waals surface area contributed by atoms with Crippen molar-refractivity contribution >= 4 is 11.5 Å². The highest BCUT2D eigenvalue weighted by molar-refractivity contribution is 5.81. The van der Waals surface area contributed by atoms with Gasteiger partial charge >= 0.3 is 0 Å². The second-order valence-electron chi connectivity index (χ2n) is 12.8. The molecule has 4 aromatic rings. The van der Waals surface area contributed by atoms with E-state index in [1.165, 1.54) is 66.5 Å². The molecule has 1 atom stereocenters. The summed E-state index contributed by atoms with van der Waals surface area (Å²) in [5.41, 5.74) is 7.18. The quantitative estimate of drug-likeness (QED) is 0.0742. The fraction of sp³-hybridized carbons (Fsp3) is 0.500. The second-order valence-corrected chi connectivity index (χ2v) is 12.8. The van der Waals surface area contributed by atoms with Gasteiger partial charge in [0.25, 0.3) is 5.56 Å². The van der Waals surface area contributed by atoms with E-state index < -0.39 is 6.29 Å². The van der Waals surface area contributed by atoms with Crippen molar-refractivity contribution in [2.75, 3.05) is 12.0 Å². The standard InChI is InChI=1S/C40H54N4O3/c1-6-9-12-15-18-39(47-36-22-20-31(16-13-10-7-2)24-32(36)17-14-11-8-3)46-28-42-37-25-38(45)44-27-35(34(26-41)40(44)43-37)33-21-19-29(4)23-30(33)5/h19-25,27,39,42-43H,6-18,28H2,1-5H3. The largest absolute Gasteiger partial charge is 0.465 e. The van der Waals surface area contributed by atoms with Crippen molar-refractivity contribution in [3.63, 3.8) is 0 Å². The summed E-state index contributed by atoms with van der Waals surface area (Å²) in [6, 6.07) is 16.6. The number of fused-ring (bicyclic) bond motifs is 1. The van der Waals surface area contributed by atoms with Crippen LogP contribution in [0.5, 0.6) is 5.75 Å². The third-order valence-corrected chi connectivity index (χ3v) is 8.87. The molecule has 0 aliphatic rings. The van der Waals surface area contributed by atoms with Gasteiger partial charge in [-0.15, -0.1) is 0 Å². The topological polar surface area (TPSA) is 91.5 Å². The molecule has 2 aromatic heterocycles. The van der Waals surface area contributed by atoms with Crippen LogP contribution in [0.4, 0.5) is 5.82 Å². The molecule has 0 saturated carbocycles. The third kappa shape index (κ3) is 9.98. The minimum atomic E-state index is -0.426. The zero-order valence-electron chi connectivity index (χ0n) is 29.2. The van der Waals surface area contributed by atoms with Crippen LogP contribution < -0.4 is 15.6 Å². The molecule has 2 N–H and O–H groups in total. The number of unbranched alkanes of at least 4 members (excludes halogenated alkanes) is 7. The Bertz CT molecular complexity index is 1680. The van der Waals surface area contributed by atoms with Crippen molar-refractivity contribution in [2.45, 2.75) is 124 Å². The van der Waals surface area contributed by atoms with Crippen LogP contribution in [0.1, 0.15) is 119 Å². The number of rotatable bonds is 20. The number of benzene rings is 2. The molecule has 252 valence electrons. The van der Waals surface area contributed by atoms with Crippen LogP contribution in [0.3, 0.4) is 0 Å². The molecule has 0 spiro atoms. The number of hydrogen-bond donors (Lipinski definition) is 2. The molecule has 2 heterocycles. The van der Waals surface area contributed by atoms with Gasteiger partial charge in [0, 0.05) is 24.2 Å². The van der Waals surface area contributed by atoms with Crippen molar-refractivity contribution in [1.29, 1.82) is 5.26 Å². The van der Waals surface area contributed by atoms with Gasteiger partial charge in [-0.3, -0.25) is 9.20 Å². The number of nitrogens with zero attached hydrogens (tertiary/aromatic N) is 2. The predicted molar refractivity (Wildman–Crippen MR) is 193 cm³/mol. The lowest BCUT2D eigenvalue weighted by Crippen LogP contribution is -2.25. The maximum atomic E-state index is 13.2. The minimum Gasteiger partial charge on any atom is -0.465 e. The van der Waals surface area contributed by atoms with Crippen LogP contribution in [-0.4, -0.2) is 22.4 Å². The number of aryl methyl sites for hydroxylation is 4. The fourth-order valence-electron chi connectivity index (χ4n) is 6.20. The molecule has 2 aromatic carbocycles. The zero-order valence-corrected chi connectivity index (χ0v) is 29.2. The minimum absolute atomic E-state index is 0.150.